The summed E-state index contributed by atoms with van der Waals surface area (Å²) in [5.41, 5.74) is 2.56. The van der Waals surface area contributed by atoms with Crippen LogP contribution in [0, 0.1) is 0 Å². The van der Waals surface area contributed by atoms with Crippen molar-refractivity contribution >= 4 is 17.5 Å². The Kier molecular flexibility index (Phi) is 6.80. The third kappa shape index (κ3) is 5.18. The molecule has 2 aromatic rings. The van der Waals surface area contributed by atoms with Gasteiger partial charge in [0.05, 0.1) is 0 Å². The van der Waals surface area contributed by atoms with E-state index in [-0.39, 0.29) is 23.6 Å². The highest BCUT2D eigenvalue weighted by atomic mass is 16.2. The number of amides is 2. The molecule has 148 valence electrons. The number of anilines is 1. The molecular weight excluding hydrogens is 350 g/mol. The van der Waals surface area contributed by atoms with E-state index in [9.17, 15) is 9.59 Å². The minimum absolute atomic E-state index is 0.133. The zero-order valence-corrected chi connectivity index (χ0v) is 16.7. The standard InChI is InChI=1S/C23H29N3O2/c1-16(2)19-11-7-8-12-20(19)26-23(28)21-15-17(13-14-24-21)22(27)25-18-9-5-3-4-6-10-18/h7-8,11-16,18H,3-6,9-10H2,1-2H3,(H,25,27)(H,26,28). The number of rotatable bonds is 5. The molecule has 3 rings (SSSR count). The van der Waals surface area contributed by atoms with Crippen molar-refractivity contribution in [1.29, 1.82) is 0 Å². The van der Waals surface area contributed by atoms with E-state index in [1.165, 1.54) is 19.0 Å². The molecule has 0 spiro atoms. The molecule has 0 atom stereocenters. The Hall–Kier alpha value is -2.69. The molecule has 1 fully saturated rings. The lowest BCUT2D eigenvalue weighted by molar-refractivity contribution is 0.0933. The maximum atomic E-state index is 12.7. The van der Waals surface area contributed by atoms with Crippen molar-refractivity contribution < 1.29 is 9.59 Å². The van der Waals surface area contributed by atoms with Crippen LogP contribution < -0.4 is 10.6 Å². The number of nitrogens with one attached hydrogen (secondary N) is 2. The fourth-order valence-corrected chi connectivity index (χ4v) is 3.69. The first-order valence-corrected chi connectivity index (χ1v) is 10.2. The Morgan fingerprint density at radius 2 is 1.71 bits per heavy atom. The molecule has 1 aromatic carbocycles. The highest BCUT2D eigenvalue weighted by molar-refractivity contribution is 6.05. The lowest BCUT2D eigenvalue weighted by Crippen LogP contribution is -2.34. The fourth-order valence-electron chi connectivity index (χ4n) is 3.69. The first-order chi connectivity index (χ1) is 13.5. The third-order valence-electron chi connectivity index (χ3n) is 5.28. The predicted molar refractivity (Wildman–Crippen MR) is 112 cm³/mol. The fraction of sp³-hybridized carbons (Fsp3) is 0.435. The highest BCUT2D eigenvalue weighted by Crippen LogP contribution is 2.24. The molecule has 5 heteroatoms. The van der Waals surface area contributed by atoms with Crippen molar-refractivity contribution in [3.8, 4) is 0 Å². The maximum Gasteiger partial charge on any atom is 0.274 e. The number of hydrogen-bond acceptors (Lipinski definition) is 3. The van der Waals surface area contributed by atoms with Crippen LogP contribution in [0.3, 0.4) is 0 Å². The van der Waals surface area contributed by atoms with E-state index >= 15 is 0 Å². The largest absolute Gasteiger partial charge is 0.349 e. The number of para-hydroxylation sites is 1. The van der Waals surface area contributed by atoms with E-state index in [0.717, 1.165) is 36.9 Å². The summed E-state index contributed by atoms with van der Waals surface area (Å²) >= 11 is 0. The van der Waals surface area contributed by atoms with Crippen LogP contribution in [0.2, 0.25) is 0 Å². The zero-order valence-electron chi connectivity index (χ0n) is 16.7. The smallest absolute Gasteiger partial charge is 0.274 e. The molecule has 1 aliphatic rings. The van der Waals surface area contributed by atoms with E-state index in [1.807, 2.05) is 24.3 Å². The first-order valence-electron chi connectivity index (χ1n) is 10.2. The van der Waals surface area contributed by atoms with E-state index in [1.54, 1.807) is 12.1 Å². The zero-order chi connectivity index (χ0) is 19.9. The minimum atomic E-state index is -0.308. The van der Waals surface area contributed by atoms with Gasteiger partial charge in [-0.15, -0.1) is 0 Å². The Bertz CT molecular complexity index is 824. The van der Waals surface area contributed by atoms with Crippen LogP contribution in [-0.4, -0.2) is 22.8 Å². The lowest BCUT2D eigenvalue weighted by Gasteiger charge is -2.16. The summed E-state index contributed by atoms with van der Waals surface area (Å²) in [7, 11) is 0. The van der Waals surface area contributed by atoms with Crippen molar-refractivity contribution in [2.75, 3.05) is 5.32 Å². The average Bonchev–Trinajstić information content (AvgIpc) is 2.97. The highest BCUT2D eigenvalue weighted by Gasteiger charge is 2.18. The van der Waals surface area contributed by atoms with Crippen molar-refractivity contribution in [1.82, 2.24) is 10.3 Å². The summed E-state index contributed by atoms with van der Waals surface area (Å²) in [6.45, 7) is 4.17. The van der Waals surface area contributed by atoms with Gasteiger partial charge in [0.1, 0.15) is 5.69 Å². The van der Waals surface area contributed by atoms with E-state index in [4.69, 9.17) is 0 Å². The van der Waals surface area contributed by atoms with Crippen molar-refractivity contribution in [2.45, 2.75) is 64.3 Å². The summed E-state index contributed by atoms with van der Waals surface area (Å²) in [4.78, 5) is 29.5. The second-order valence-corrected chi connectivity index (χ2v) is 7.79. The number of benzene rings is 1. The average molecular weight is 380 g/mol. The first kappa shape index (κ1) is 20.1. The molecule has 0 aliphatic heterocycles. The molecule has 1 saturated carbocycles. The Morgan fingerprint density at radius 3 is 2.43 bits per heavy atom. The second-order valence-electron chi connectivity index (χ2n) is 7.79. The molecule has 0 bridgehead atoms. The Morgan fingerprint density at radius 1 is 1.00 bits per heavy atom. The van der Waals surface area contributed by atoms with E-state index in [0.29, 0.717) is 11.5 Å². The minimum Gasteiger partial charge on any atom is -0.349 e. The van der Waals surface area contributed by atoms with Crippen LogP contribution in [0.1, 0.15) is 84.7 Å². The molecule has 2 N–H and O–H groups in total. The summed E-state index contributed by atoms with van der Waals surface area (Å²) < 4.78 is 0. The monoisotopic (exact) mass is 379 g/mol. The van der Waals surface area contributed by atoms with Crippen molar-refractivity contribution in [3.05, 3.63) is 59.4 Å². The topological polar surface area (TPSA) is 71.1 Å². The summed E-state index contributed by atoms with van der Waals surface area (Å²) in [6, 6.07) is 11.2. The van der Waals surface area contributed by atoms with Crippen molar-refractivity contribution in [3.63, 3.8) is 0 Å². The Balaban J connectivity index is 1.70. The van der Waals surface area contributed by atoms with Gasteiger partial charge in [-0.3, -0.25) is 14.6 Å². The van der Waals surface area contributed by atoms with Crippen LogP contribution >= 0.6 is 0 Å². The summed E-state index contributed by atoms with van der Waals surface area (Å²) in [6.07, 6.45) is 8.36. The molecule has 28 heavy (non-hydrogen) atoms. The summed E-state index contributed by atoms with van der Waals surface area (Å²) in [5, 5.41) is 6.05. The van der Waals surface area contributed by atoms with Crippen LogP contribution in [0.5, 0.6) is 0 Å². The molecule has 0 saturated heterocycles. The van der Waals surface area contributed by atoms with Crippen LogP contribution in [0.25, 0.3) is 0 Å². The van der Waals surface area contributed by atoms with E-state index in [2.05, 4.69) is 29.5 Å². The van der Waals surface area contributed by atoms with Gasteiger partial charge in [0.15, 0.2) is 0 Å². The number of pyridine rings is 1. The second kappa shape index (κ2) is 9.49. The van der Waals surface area contributed by atoms with Gasteiger partial charge >= 0.3 is 0 Å². The molecular formula is C23H29N3O2. The predicted octanol–water partition coefficient (Wildman–Crippen LogP) is 4.91. The normalized spacial score (nSPS) is 15.1. The van der Waals surface area contributed by atoms with Gasteiger partial charge in [-0.05, 0) is 42.5 Å². The van der Waals surface area contributed by atoms with Gasteiger partial charge in [0.2, 0.25) is 0 Å². The molecule has 0 radical (unpaired) electrons. The van der Waals surface area contributed by atoms with Gasteiger partial charge in [-0.1, -0.05) is 57.7 Å². The van der Waals surface area contributed by atoms with E-state index < -0.39 is 0 Å². The van der Waals surface area contributed by atoms with Gasteiger partial charge < -0.3 is 10.6 Å². The molecule has 1 heterocycles. The number of hydrogen-bond donors (Lipinski definition) is 2. The van der Waals surface area contributed by atoms with Gasteiger partial charge in [0, 0.05) is 23.5 Å². The molecule has 1 aliphatic carbocycles. The number of nitrogens with zero attached hydrogens (tertiary/aromatic N) is 1. The van der Waals surface area contributed by atoms with Gasteiger partial charge in [-0.2, -0.15) is 0 Å². The number of aromatic nitrogens is 1. The maximum absolute atomic E-state index is 12.7. The third-order valence-corrected chi connectivity index (χ3v) is 5.28. The van der Waals surface area contributed by atoms with Gasteiger partial charge in [-0.25, -0.2) is 0 Å². The molecule has 5 nitrogen and oxygen atoms in total. The number of carbonyl (C=O) groups excluding carboxylic acids is 2. The summed E-state index contributed by atoms with van der Waals surface area (Å²) in [5.74, 6) is -0.149. The van der Waals surface area contributed by atoms with Crippen molar-refractivity contribution in [2.24, 2.45) is 0 Å². The van der Waals surface area contributed by atoms with Crippen LogP contribution in [0.15, 0.2) is 42.6 Å². The molecule has 1 aromatic heterocycles. The molecule has 2 amide bonds. The van der Waals surface area contributed by atoms with Crippen LogP contribution in [0.4, 0.5) is 5.69 Å². The Labute approximate surface area is 167 Å². The quantitative estimate of drug-likeness (QED) is 0.725. The SMILES string of the molecule is CC(C)c1ccccc1NC(=O)c1cc(C(=O)NC2CCCCCC2)ccn1. The number of carbonyl (C=O) groups is 2. The van der Waals surface area contributed by atoms with Crippen LogP contribution in [-0.2, 0) is 0 Å². The lowest BCUT2D eigenvalue weighted by atomic mass is 10.0. The molecule has 0 unspecified atom stereocenters. The van der Waals surface area contributed by atoms with Gasteiger partial charge in [0.25, 0.3) is 11.8 Å².